The first-order chi connectivity index (χ1) is 9.70. The molecule has 108 valence electrons. The summed E-state index contributed by atoms with van der Waals surface area (Å²) >= 11 is 0. The molecule has 1 aromatic rings. The molecule has 1 aromatic heterocycles. The smallest absolute Gasteiger partial charge is 0.144 e. The minimum Gasteiger partial charge on any atom is -0.299 e. The molecule has 2 aliphatic rings. The van der Waals surface area contributed by atoms with Crippen molar-refractivity contribution in [2.75, 3.05) is 0 Å². The van der Waals surface area contributed by atoms with Crippen molar-refractivity contribution < 1.29 is 9.18 Å². The summed E-state index contributed by atoms with van der Waals surface area (Å²) in [5.41, 5.74) is 0.594. The van der Waals surface area contributed by atoms with Crippen molar-refractivity contribution in [3.05, 3.63) is 29.8 Å². The van der Waals surface area contributed by atoms with Crippen LogP contribution in [0.5, 0.6) is 0 Å². The van der Waals surface area contributed by atoms with Crippen LogP contribution < -0.4 is 0 Å². The van der Waals surface area contributed by atoms with Gasteiger partial charge in [0.25, 0.3) is 0 Å². The van der Waals surface area contributed by atoms with Crippen molar-refractivity contribution in [1.29, 1.82) is 0 Å². The van der Waals surface area contributed by atoms with Crippen molar-refractivity contribution in [2.24, 2.45) is 17.8 Å². The van der Waals surface area contributed by atoms with Crippen LogP contribution in [0.2, 0.25) is 0 Å². The average molecular weight is 275 g/mol. The Labute approximate surface area is 119 Å². The molecule has 0 bridgehead atoms. The van der Waals surface area contributed by atoms with Gasteiger partial charge in [0.2, 0.25) is 0 Å². The van der Waals surface area contributed by atoms with Crippen molar-refractivity contribution in [3.63, 3.8) is 0 Å². The predicted molar refractivity (Wildman–Crippen MR) is 75.8 cm³/mol. The zero-order chi connectivity index (χ0) is 14.1. The van der Waals surface area contributed by atoms with E-state index < -0.39 is 0 Å². The predicted octanol–water partition coefficient (Wildman–Crippen LogP) is 4.11. The summed E-state index contributed by atoms with van der Waals surface area (Å²) in [6, 6.07) is 3.11. The van der Waals surface area contributed by atoms with Crippen LogP contribution in [0.3, 0.4) is 0 Å². The molecule has 0 aliphatic heterocycles. The average Bonchev–Trinajstić information content (AvgIpc) is 3.27. The number of nitrogens with zero attached hydrogens (tertiary/aromatic N) is 1. The topological polar surface area (TPSA) is 30.0 Å². The van der Waals surface area contributed by atoms with E-state index in [4.69, 9.17) is 0 Å². The first-order valence-electron chi connectivity index (χ1n) is 7.84. The lowest BCUT2D eigenvalue weighted by Crippen LogP contribution is -2.23. The minimum absolute atomic E-state index is 0.196. The molecule has 0 aromatic carbocycles. The Morgan fingerprint density at radius 3 is 2.70 bits per heavy atom. The van der Waals surface area contributed by atoms with E-state index in [0.717, 1.165) is 38.5 Å². The number of Topliss-reactive ketones (excluding diaryl/α,β-unsaturated/α-hetero) is 1. The lowest BCUT2D eigenvalue weighted by atomic mass is 9.77. The highest BCUT2D eigenvalue weighted by Crippen LogP contribution is 2.46. The van der Waals surface area contributed by atoms with Crippen molar-refractivity contribution >= 4 is 5.78 Å². The lowest BCUT2D eigenvalue weighted by molar-refractivity contribution is -0.125. The second kappa shape index (κ2) is 5.63. The Balaban J connectivity index is 1.57. The maximum absolute atomic E-state index is 13.7. The minimum atomic E-state index is -0.199. The number of pyridine rings is 1. The first kappa shape index (κ1) is 13.7. The van der Waals surface area contributed by atoms with Crippen LogP contribution in [-0.4, -0.2) is 10.8 Å². The summed E-state index contributed by atoms with van der Waals surface area (Å²) in [5.74, 6) is 1.69. The van der Waals surface area contributed by atoms with E-state index in [1.54, 1.807) is 12.3 Å². The molecule has 20 heavy (non-hydrogen) atoms. The Bertz CT molecular complexity index is 494. The molecule has 2 aliphatic carbocycles. The number of hydrogen-bond acceptors (Lipinski definition) is 2. The van der Waals surface area contributed by atoms with Crippen LogP contribution in [0, 0.1) is 23.6 Å². The molecule has 0 amide bonds. The maximum Gasteiger partial charge on any atom is 0.144 e. The summed E-state index contributed by atoms with van der Waals surface area (Å²) in [6.07, 6.45) is 7.50. The van der Waals surface area contributed by atoms with Gasteiger partial charge in [0, 0.05) is 24.0 Å². The molecule has 2 saturated carbocycles. The van der Waals surface area contributed by atoms with E-state index >= 15 is 0 Å². The Hall–Kier alpha value is -1.25. The van der Waals surface area contributed by atoms with E-state index in [2.05, 4.69) is 11.9 Å². The van der Waals surface area contributed by atoms with Gasteiger partial charge >= 0.3 is 0 Å². The third-order valence-corrected chi connectivity index (χ3v) is 5.12. The molecular weight excluding hydrogens is 253 g/mol. The molecule has 2 atom stereocenters. The van der Waals surface area contributed by atoms with Gasteiger partial charge in [-0.25, -0.2) is 4.39 Å². The SMILES string of the molecule is CCC1CC1C(=O)C1CCC(c2ncccc2F)CC1. The van der Waals surface area contributed by atoms with Crippen LogP contribution in [0.15, 0.2) is 18.3 Å². The fourth-order valence-corrected chi connectivity index (χ4v) is 3.70. The molecule has 0 radical (unpaired) electrons. The number of carbonyl (C=O) groups is 1. The van der Waals surface area contributed by atoms with Crippen LogP contribution in [0.25, 0.3) is 0 Å². The molecule has 0 N–H and O–H groups in total. The normalized spacial score (nSPS) is 32.9. The highest BCUT2D eigenvalue weighted by molar-refractivity contribution is 5.86. The summed E-state index contributed by atoms with van der Waals surface area (Å²) in [4.78, 5) is 16.5. The quantitative estimate of drug-likeness (QED) is 0.827. The molecular formula is C17H22FNO. The number of hydrogen-bond donors (Lipinski definition) is 0. The third kappa shape index (κ3) is 2.63. The zero-order valence-electron chi connectivity index (χ0n) is 12.0. The van der Waals surface area contributed by atoms with E-state index in [0.29, 0.717) is 23.3 Å². The van der Waals surface area contributed by atoms with Gasteiger partial charge in [-0.2, -0.15) is 0 Å². The highest BCUT2D eigenvalue weighted by atomic mass is 19.1. The molecule has 1 heterocycles. The highest BCUT2D eigenvalue weighted by Gasteiger charge is 2.44. The molecule has 3 heteroatoms. The van der Waals surface area contributed by atoms with Gasteiger partial charge in [-0.1, -0.05) is 13.3 Å². The van der Waals surface area contributed by atoms with Crippen LogP contribution >= 0.6 is 0 Å². The Morgan fingerprint density at radius 1 is 1.35 bits per heavy atom. The molecule has 3 rings (SSSR count). The monoisotopic (exact) mass is 275 g/mol. The number of ketones is 1. The van der Waals surface area contributed by atoms with Crippen molar-refractivity contribution in [3.8, 4) is 0 Å². The zero-order valence-corrected chi connectivity index (χ0v) is 12.0. The molecule has 2 nitrogen and oxygen atoms in total. The van der Waals surface area contributed by atoms with Crippen molar-refractivity contribution in [2.45, 2.75) is 51.4 Å². The third-order valence-electron chi connectivity index (χ3n) is 5.12. The number of rotatable bonds is 4. The Morgan fingerprint density at radius 2 is 2.10 bits per heavy atom. The summed E-state index contributed by atoms with van der Waals surface area (Å²) < 4.78 is 13.7. The second-order valence-electron chi connectivity index (χ2n) is 6.33. The number of aromatic nitrogens is 1. The fraction of sp³-hybridized carbons (Fsp3) is 0.647. The molecule has 0 spiro atoms. The summed E-state index contributed by atoms with van der Waals surface area (Å²) in [6.45, 7) is 2.17. The molecule has 0 saturated heterocycles. The van der Waals surface area contributed by atoms with Gasteiger partial charge in [-0.15, -0.1) is 0 Å². The van der Waals surface area contributed by atoms with Crippen molar-refractivity contribution in [1.82, 2.24) is 4.98 Å². The van der Waals surface area contributed by atoms with E-state index in [1.165, 1.54) is 6.07 Å². The fourth-order valence-electron chi connectivity index (χ4n) is 3.70. The van der Waals surface area contributed by atoms with E-state index in [9.17, 15) is 9.18 Å². The molecule has 2 unspecified atom stereocenters. The van der Waals surface area contributed by atoms with Gasteiger partial charge in [0.05, 0.1) is 5.69 Å². The van der Waals surface area contributed by atoms with Gasteiger partial charge < -0.3 is 0 Å². The van der Waals surface area contributed by atoms with Gasteiger partial charge in [0.1, 0.15) is 11.6 Å². The maximum atomic E-state index is 13.7. The second-order valence-corrected chi connectivity index (χ2v) is 6.33. The number of carbonyl (C=O) groups excluding carboxylic acids is 1. The summed E-state index contributed by atoms with van der Waals surface area (Å²) in [5, 5.41) is 0. The van der Waals surface area contributed by atoms with Crippen LogP contribution in [0.4, 0.5) is 4.39 Å². The van der Waals surface area contributed by atoms with E-state index in [-0.39, 0.29) is 17.7 Å². The van der Waals surface area contributed by atoms with E-state index in [1.807, 2.05) is 0 Å². The first-order valence-corrected chi connectivity index (χ1v) is 7.84. The lowest BCUT2D eigenvalue weighted by Gasteiger charge is -2.27. The van der Waals surface area contributed by atoms with Gasteiger partial charge in [-0.3, -0.25) is 9.78 Å². The van der Waals surface area contributed by atoms with Crippen LogP contribution in [-0.2, 0) is 4.79 Å². The van der Waals surface area contributed by atoms with Crippen LogP contribution in [0.1, 0.15) is 57.1 Å². The van der Waals surface area contributed by atoms with Gasteiger partial charge in [0.15, 0.2) is 0 Å². The standard InChI is InChI=1S/C17H22FNO/c1-2-11-10-14(11)17(20)13-7-5-12(6-8-13)16-15(18)4-3-9-19-16/h3-4,9,11-14H,2,5-8,10H2,1H3. The van der Waals surface area contributed by atoms with Gasteiger partial charge in [-0.05, 0) is 50.2 Å². The largest absolute Gasteiger partial charge is 0.299 e. The Kier molecular flexibility index (Phi) is 3.86. The summed E-state index contributed by atoms with van der Waals surface area (Å²) in [7, 11) is 0. The molecule has 2 fully saturated rings. The number of halogens is 1.